The fourth-order valence-electron chi connectivity index (χ4n) is 3.31. The van der Waals surface area contributed by atoms with Gasteiger partial charge in [0.15, 0.2) is 0 Å². The molecule has 0 saturated carbocycles. The van der Waals surface area contributed by atoms with Crippen molar-refractivity contribution in [3.8, 4) is 5.75 Å². The number of nitrogens with one attached hydrogen (secondary N) is 2. The van der Waals surface area contributed by atoms with Gasteiger partial charge in [0.25, 0.3) is 0 Å². The van der Waals surface area contributed by atoms with Crippen LogP contribution in [0.1, 0.15) is 23.6 Å². The second-order valence-corrected chi connectivity index (χ2v) is 9.28. The van der Waals surface area contributed by atoms with E-state index in [4.69, 9.17) is 4.74 Å². The zero-order chi connectivity index (χ0) is 23.8. The minimum absolute atomic E-state index is 0.0489. The highest BCUT2D eigenvalue weighted by molar-refractivity contribution is 7.89. The summed E-state index contributed by atoms with van der Waals surface area (Å²) < 4.78 is 47.3. The van der Waals surface area contributed by atoms with E-state index in [1.807, 2.05) is 37.3 Å². The fraction of sp³-hybridized carbons (Fsp3) is 0.240. The Kier molecular flexibility index (Phi) is 8.19. The lowest BCUT2D eigenvalue weighted by Gasteiger charge is -2.19. The number of carbonyl (C=O) groups is 1. The average Bonchev–Trinajstić information content (AvgIpc) is 2.80. The number of sulfonamides is 1. The van der Waals surface area contributed by atoms with Crippen molar-refractivity contribution in [3.63, 3.8) is 0 Å². The molecule has 3 aromatic carbocycles. The first-order chi connectivity index (χ1) is 15.8. The molecule has 8 heteroatoms. The van der Waals surface area contributed by atoms with Gasteiger partial charge in [-0.2, -0.15) is 4.72 Å². The van der Waals surface area contributed by atoms with Gasteiger partial charge >= 0.3 is 0 Å². The number of benzene rings is 3. The number of ether oxygens (including phenoxy) is 1. The predicted octanol–water partition coefficient (Wildman–Crippen LogP) is 3.74. The van der Waals surface area contributed by atoms with Crippen molar-refractivity contribution in [1.82, 2.24) is 10.0 Å². The summed E-state index contributed by atoms with van der Waals surface area (Å²) >= 11 is 0. The van der Waals surface area contributed by atoms with E-state index in [1.165, 1.54) is 24.3 Å². The third kappa shape index (κ3) is 6.87. The van der Waals surface area contributed by atoms with Crippen molar-refractivity contribution >= 4 is 15.9 Å². The van der Waals surface area contributed by atoms with Gasteiger partial charge in [-0.25, -0.2) is 12.8 Å². The summed E-state index contributed by atoms with van der Waals surface area (Å²) in [5.74, 6) is -0.242. The van der Waals surface area contributed by atoms with E-state index in [-0.39, 0.29) is 23.7 Å². The fourth-order valence-corrected chi connectivity index (χ4v) is 4.59. The van der Waals surface area contributed by atoms with E-state index in [2.05, 4.69) is 10.0 Å². The Morgan fingerprint density at radius 2 is 1.70 bits per heavy atom. The van der Waals surface area contributed by atoms with Crippen molar-refractivity contribution in [2.24, 2.45) is 0 Å². The smallest absolute Gasteiger partial charge is 0.241 e. The highest BCUT2D eigenvalue weighted by atomic mass is 32.2. The molecule has 3 rings (SSSR count). The Bertz CT molecular complexity index is 1180. The number of halogens is 1. The largest absolute Gasteiger partial charge is 0.494 e. The summed E-state index contributed by atoms with van der Waals surface area (Å²) in [6.45, 7) is 4.23. The van der Waals surface area contributed by atoms with Gasteiger partial charge in [-0.1, -0.05) is 42.5 Å². The van der Waals surface area contributed by atoms with Crippen LogP contribution in [0.15, 0.2) is 77.7 Å². The molecule has 2 N–H and O–H groups in total. The Hall–Kier alpha value is -3.23. The summed E-state index contributed by atoms with van der Waals surface area (Å²) in [5, 5.41) is 2.74. The third-order valence-electron chi connectivity index (χ3n) is 5.03. The monoisotopic (exact) mass is 470 g/mol. The first-order valence-electron chi connectivity index (χ1n) is 10.6. The lowest BCUT2D eigenvalue weighted by atomic mass is 10.1. The van der Waals surface area contributed by atoms with Crippen molar-refractivity contribution in [3.05, 3.63) is 95.3 Å². The van der Waals surface area contributed by atoms with Crippen LogP contribution in [0, 0.1) is 12.7 Å². The molecule has 0 fully saturated rings. The maximum atomic E-state index is 13.1. The van der Waals surface area contributed by atoms with Gasteiger partial charge < -0.3 is 10.1 Å². The molecule has 174 valence electrons. The van der Waals surface area contributed by atoms with Crippen LogP contribution in [-0.4, -0.2) is 27.0 Å². The SMILES string of the molecule is CCOc1ccc(S(=O)(=O)N[C@@H](Cc2ccccc2)C(=O)NCc2ccc(F)cc2)cc1C. The normalized spacial score (nSPS) is 12.2. The van der Waals surface area contributed by atoms with Gasteiger partial charge in [-0.15, -0.1) is 0 Å². The topological polar surface area (TPSA) is 84.5 Å². The van der Waals surface area contributed by atoms with Crippen LogP contribution in [0.3, 0.4) is 0 Å². The van der Waals surface area contributed by atoms with E-state index in [1.54, 1.807) is 25.1 Å². The van der Waals surface area contributed by atoms with Crippen LogP contribution in [0.5, 0.6) is 5.75 Å². The van der Waals surface area contributed by atoms with E-state index in [9.17, 15) is 17.6 Å². The van der Waals surface area contributed by atoms with Gasteiger partial charge in [-0.05, 0) is 67.3 Å². The quantitative estimate of drug-likeness (QED) is 0.473. The number of hydrogen-bond donors (Lipinski definition) is 2. The summed E-state index contributed by atoms with van der Waals surface area (Å²) in [4.78, 5) is 13.0. The maximum absolute atomic E-state index is 13.1. The first kappa shape index (κ1) is 24.4. The summed E-state index contributed by atoms with van der Waals surface area (Å²) in [5.41, 5.74) is 2.19. The Balaban J connectivity index is 1.80. The molecule has 0 radical (unpaired) electrons. The highest BCUT2D eigenvalue weighted by Gasteiger charge is 2.26. The first-order valence-corrected chi connectivity index (χ1v) is 12.1. The zero-order valence-corrected chi connectivity index (χ0v) is 19.4. The van der Waals surface area contributed by atoms with Crippen LogP contribution in [0.4, 0.5) is 4.39 Å². The van der Waals surface area contributed by atoms with Crippen molar-refractivity contribution in [2.75, 3.05) is 6.61 Å². The molecule has 1 atom stereocenters. The van der Waals surface area contributed by atoms with Gasteiger partial charge in [0.2, 0.25) is 15.9 Å². The molecule has 0 aliphatic heterocycles. The summed E-state index contributed by atoms with van der Waals surface area (Å²) in [6.07, 6.45) is 0.172. The average molecular weight is 471 g/mol. The molecule has 0 heterocycles. The molecular weight excluding hydrogens is 443 g/mol. The second kappa shape index (κ2) is 11.1. The van der Waals surface area contributed by atoms with Crippen molar-refractivity contribution in [1.29, 1.82) is 0 Å². The van der Waals surface area contributed by atoms with Crippen LogP contribution < -0.4 is 14.8 Å². The minimum Gasteiger partial charge on any atom is -0.494 e. The van der Waals surface area contributed by atoms with Crippen LogP contribution in [-0.2, 0) is 27.8 Å². The van der Waals surface area contributed by atoms with E-state index < -0.39 is 22.0 Å². The van der Waals surface area contributed by atoms with Gasteiger partial charge in [0.05, 0.1) is 11.5 Å². The van der Waals surface area contributed by atoms with E-state index >= 15 is 0 Å². The van der Waals surface area contributed by atoms with E-state index in [0.29, 0.717) is 23.5 Å². The van der Waals surface area contributed by atoms with Crippen LogP contribution in [0.25, 0.3) is 0 Å². The van der Waals surface area contributed by atoms with Crippen LogP contribution >= 0.6 is 0 Å². The second-order valence-electron chi connectivity index (χ2n) is 7.57. The Morgan fingerprint density at radius 3 is 2.33 bits per heavy atom. The molecule has 0 unspecified atom stereocenters. The third-order valence-corrected chi connectivity index (χ3v) is 6.50. The zero-order valence-electron chi connectivity index (χ0n) is 18.5. The van der Waals surface area contributed by atoms with Crippen molar-refractivity contribution < 1.29 is 22.3 Å². The number of carbonyl (C=O) groups excluding carboxylic acids is 1. The molecule has 0 aliphatic rings. The number of amides is 1. The number of aryl methyl sites for hydroxylation is 1. The van der Waals surface area contributed by atoms with Crippen molar-refractivity contribution in [2.45, 2.75) is 37.8 Å². The Labute approximate surface area is 193 Å². The lowest BCUT2D eigenvalue weighted by molar-refractivity contribution is -0.122. The Morgan fingerprint density at radius 1 is 1.00 bits per heavy atom. The van der Waals surface area contributed by atoms with Crippen LogP contribution in [0.2, 0.25) is 0 Å². The lowest BCUT2D eigenvalue weighted by Crippen LogP contribution is -2.47. The summed E-state index contributed by atoms with van der Waals surface area (Å²) in [6, 6.07) is 18.4. The highest BCUT2D eigenvalue weighted by Crippen LogP contribution is 2.22. The van der Waals surface area contributed by atoms with Gasteiger partial charge in [-0.3, -0.25) is 4.79 Å². The minimum atomic E-state index is -3.98. The molecule has 1 amide bonds. The molecule has 0 aromatic heterocycles. The maximum Gasteiger partial charge on any atom is 0.241 e. The molecular formula is C25H27FN2O4S. The molecule has 0 aliphatic carbocycles. The van der Waals surface area contributed by atoms with E-state index in [0.717, 1.165) is 5.56 Å². The predicted molar refractivity (Wildman–Crippen MR) is 125 cm³/mol. The molecule has 3 aromatic rings. The standard InChI is InChI=1S/C25H27FN2O4S/c1-3-32-24-14-13-22(15-18(24)2)33(30,31)28-23(16-19-7-5-4-6-8-19)25(29)27-17-20-9-11-21(26)12-10-20/h4-15,23,28H,3,16-17H2,1-2H3,(H,27,29)/t23-/m0/s1. The molecule has 0 bridgehead atoms. The molecule has 0 saturated heterocycles. The number of rotatable bonds is 10. The molecule has 6 nitrogen and oxygen atoms in total. The van der Waals surface area contributed by atoms with Gasteiger partial charge in [0, 0.05) is 6.54 Å². The summed E-state index contributed by atoms with van der Waals surface area (Å²) in [7, 11) is -3.98. The number of hydrogen-bond acceptors (Lipinski definition) is 4. The molecule has 33 heavy (non-hydrogen) atoms. The molecule has 0 spiro atoms. The van der Waals surface area contributed by atoms with Gasteiger partial charge in [0.1, 0.15) is 17.6 Å².